The molecular weight excluding hydrogens is 947 g/mol. The molecule has 2 aliphatic carbocycles. The number of allylic oxidation sites excluding steroid dienone is 1. The number of nitro benzene ring substituents is 3. The highest BCUT2D eigenvalue weighted by atomic mass is 16.7. The number of carbonyl (C=O) groups excluding carboxylic acids is 1. The number of unbranched alkanes of at least 4 members (excludes halogenated alkanes) is 2. The van der Waals surface area contributed by atoms with E-state index in [-0.39, 0.29) is 93.9 Å². The monoisotopic (exact) mass is 1010 g/mol. The second-order valence-electron chi connectivity index (χ2n) is 17.9. The second kappa shape index (κ2) is 25.3. The maximum atomic E-state index is 15.0. The molecule has 1 amide bonds. The Balaban J connectivity index is 1.43. The molecule has 1 aliphatic heterocycles. The van der Waals surface area contributed by atoms with Crippen molar-refractivity contribution in [1.82, 2.24) is 4.90 Å². The number of hydrogen-bond donors (Lipinski definition) is 3. The highest BCUT2D eigenvalue weighted by molar-refractivity contribution is 6.03. The van der Waals surface area contributed by atoms with E-state index in [1.807, 2.05) is 6.07 Å². The van der Waals surface area contributed by atoms with Crippen LogP contribution in [0.2, 0.25) is 0 Å². The van der Waals surface area contributed by atoms with Gasteiger partial charge < -0.3 is 44.0 Å². The van der Waals surface area contributed by atoms with E-state index in [0.717, 1.165) is 11.1 Å². The average molecular weight is 1010 g/mol. The molecule has 386 valence electrons. The highest BCUT2D eigenvalue weighted by Crippen LogP contribution is 2.62. The summed E-state index contributed by atoms with van der Waals surface area (Å²) in [7, 11) is 0. The SMILES string of the molecule is C=CCO[C@@]12Oc3ccc(Oc4cccc([N+](=O)[O-])c4)cc3[C@H]3[C@H](CCCCO)[C@@H](CCCCO)C=C(C(=NOCc4ccc([N+](=O)[O-])cc4)C[C@@H]1N(CCOCCO)C(=O)C=Cc1ccc([N+](=O)[O-])cc1)[C@H]32. The van der Waals surface area contributed by atoms with Gasteiger partial charge in [0, 0.05) is 74.1 Å². The molecule has 1 saturated carbocycles. The van der Waals surface area contributed by atoms with E-state index in [1.54, 1.807) is 47.4 Å². The molecule has 20 nitrogen and oxygen atoms in total. The minimum atomic E-state index is -1.68. The number of nitro groups is 3. The van der Waals surface area contributed by atoms with Gasteiger partial charge in [0.2, 0.25) is 11.7 Å². The lowest BCUT2D eigenvalue weighted by Gasteiger charge is -2.60. The number of rotatable bonds is 27. The summed E-state index contributed by atoms with van der Waals surface area (Å²) in [6.45, 7) is 3.52. The Kier molecular flexibility index (Phi) is 18.6. The molecule has 4 aromatic carbocycles. The van der Waals surface area contributed by atoms with E-state index in [0.29, 0.717) is 66.9 Å². The van der Waals surface area contributed by atoms with Gasteiger partial charge in [0.05, 0.1) is 58.9 Å². The van der Waals surface area contributed by atoms with E-state index < -0.39 is 44.3 Å². The van der Waals surface area contributed by atoms with Crippen LogP contribution in [0.3, 0.4) is 0 Å². The molecule has 1 fully saturated rings. The van der Waals surface area contributed by atoms with Crippen molar-refractivity contribution in [1.29, 1.82) is 0 Å². The zero-order valence-corrected chi connectivity index (χ0v) is 40.1. The van der Waals surface area contributed by atoms with Crippen LogP contribution in [0.15, 0.2) is 127 Å². The van der Waals surface area contributed by atoms with Crippen LogP contribution in [-0.4, -0.2) is 105 Å². The molecule has 20 heteroatoms. The summed E-state index contributed by atoms with van der Waals surface area (Å²) in [6, 6.07) is 21.7. The summed E-state index contributed by atoms with van der Waals surface area (Å²) in [5.41, 5.74) is 2.67. The van der Waals surface area contributed by atoms with Gasteiger partial charge in [-0.25, -0.2) is 0 Å². The van der Waals surface area contributed by atoms with E-state index in [9.17, 15) is 50.5 Å². The Labute approximate surface area is 421 Å². The predicted octanol–water partition coefficient (Wildman–Crippen LogP) is 8.59. The molecule has 0 radical (unpaired) electrons. The Hall–Kier alpha value is -7.36. The second-order valence-corrected chi connectivity index (χ2v) is 17.9. The van der Waals surface area contributed by atoms with Crippen LogP contribution in [0.5, 0.6) is 17.2 Å². The minimum absolute atomic E-state index is 0.00538. The van der Waals surface area contributed by atoms with Crippen molar-refractivity contribution in [3.63, 3.8) is 0 Å². The number of fused-ring (bicyclic) bond motifs is 2. The Morgan fingerprint density at radius 2 is 1.51 bits per heavy atom. The van der Waals surface area contributed by atoms with Crippen LogP contribution in [-0.2, 0) is 25.7 Å². The summed E-state index contributed by atoms with van der Waals surface area (Å²) < 4.78 is 26.5. The third-order valence-electron chi connectivity index (χ3n) is 13.4. The first-order valence-electron chi connectivity index (χ1n) is 24.2. The number of amides is 1. The van der Waals surface area contributed by atoms with Gasteiger partial charge in [0.15, 0.2) is 0 Å². The molecule has 0 unspecified atom stereocenters. The van der Waals surface area contributed by atoms with E-state index in [2.05, 4.69) is 12.7 Å². The molecule has 6 atom stereocenters. The standard InChI is InChI=1S/C53H59N5O15/c1-2-28-70-53-49(55(24-29-69-30-27-61)50(62)23-16-36-12-17-39(18-13-36)56(63)64)34-47(54-71-35-37-14-19-40(20-15-37)57(65)66)45-31-38(8-3-5-25-59)44(11-4-6-26-60)51(52(45)53)46-33-43(21-22-48(46)73-53)72-42-10-7-9-41(32-42)58(67)68/h2,7,9-10,12-23,31-33,38,44,49,51-52,59-61H,1,3-6,8,11,24-30,34-35H2/t38-,44+,49-,51+,52+,53+/m0/s1. The number of hydrogen-bond acceptors (Lipinski definition) is 16. The molecule has 0 aromatic heterocycles. The Morgan fingerprint density at radius 1 is 0.822 bits per heavy atom. The van der Waals surface area contributed by atoms with E-state index in [4.69, 9.17) is 28.9 Å². The largest absolute Gasteiger partial charge is 0.459 e. The van der Waals surface area contributed by atoms with Crippen molar-refractivity contribution in [2.24, 2.45) is 22.9 Å². The van der Waals surface area contributed by atoms with Gasteiger partial charge in [0.25, 0.3) is 17.1 Å². The average Bonchev–Trinajstić information content (AvgIpc) is 3.39. The zero-order valence-electron chi connectivity index (χ0n) is 40.1. The number of carbonyl (C=O) groups is 1. The van der Waals surface area contributed by atoms with E-state index in [1.165, 1.54) is 60.7 Å². The molecular formula is C53H59N5O15. The fourth-order valence-electron chi connectivity index (χ4n) is 10.1. The minimum Gasteiger partial charge on any atom is -0.459 e. The molecule has 1 heterocycles. The lowest BCUT2D eigenvalue weighted by Crippen LogP contribution is -2.70. The number of nitrogens with zero attached hydrogens (tertiary/aromatic N) is 5. The number of aliphatic hydroxyl groups is 3. The number of non-ortho nitro benzene ring substituents is 3. The lowest BCUT2D eigenvalue weighted by molar-refractivity contribution is -0.385. The van der Waals surface area contributed by atoms with Crippen molar-refractivity contribution in [2.75, 3.05) is 46.2 Å². The molecule has 73 heavy (non-hydrogen) atoms. The van der Waals surface area contributed by atoms with Gasteiger partial charge in [-0.1, -0.05) is 36.2 Å². The lowest BCUT2D eigenvalue weighted by atomic mass is 9.55. The van der Waals surface area contributed by atoms with Gasteiger partial charge in [-0.05, 0) is 109 Å². The van der Waals surface area contributed by atoms with Gasteiger partial charge in [0.1, 0.15) is 29.9 Å². The van der Waals surface area contributed by atoms with Crippen LogP contribution in [0, 0.1) is 48.1 Å². The number of oxime groups is 1. The quantitative estimate of drug-likeness (QED) is 0.0166. The summed E-state index contributed by atoms with van der Waals surface area (Å²) in [5, 5.41) is 69.1. The van der Waals surface area contributed by atoms with Gasteiger partial charge in [-0.2, -0.15) is 0 Å². The number of benzene rings is 4. The van der Waals surface area contributed by atoms with Gasteiger partial charge >= 0.3 is 0 Å². The maximum absolute atomic E-state index is 15.0. The van der Waals surface area contributed by atoms with Crippen LogP contribution in [0.4, 0.5) is 17.1 Å². The van der Waals surface area contributed by atoms with Crippen molar-refractivity contribution >= 4 is 34.8 Å². The smallest absolute Gasteiger partial charge is 0.273 e. The number of aliphatic hydroxyl groups excluding tert-OH is 3. The summed E-state index contributed by atoms with van der Waals surface area (Å²) >= 11 is 0. The highest BCUT2D eigenvalue weighted by Gasteiger charge is 2.65. The van der Waals surface area contributed by atoms with E-state index >= 15 is 0 Å². The topological polar surface area (TPSA) is 269 Å². The van der Waals surface area contributed by atoms with Crippen molar-refractivity contribution < 1.29 is 58.7 Å². The zero-order chi connectivity index (χ0) is 51.9. The van der Waals surface area contributed by atoms with Gasteiger partial charge in [-0.3, -0.25) is 35.1 Å². The summed E-state index contributed by atoms with van der Waals surface area (Å²) in [5.74, 6) is -2.67. The number of ether oxygens (including phenoxy) is 4. The molecule has 7 rings (SSSR count). The summed E-state index contributed by atoms with van der Waals surface area (Å²) in [4.78, 5) is 55.8. The third kappa shape index (κ3) is 12.8. The van der Waals surface area contributed by atoms with Crippen molar-refractivity contribution in [2.45, 2.75) is 69.3 Å². The fraction of sp³-hybridized carbons (Fsp3) is 0.396. The molecule has 3 N–H and O–H groups in total. The first-order valence-corrected chi connectivity index (χ1v) is 24.2. The van der Waals surface area contributed by atoms with Crippen molar-refractivity contribution in [3.05, 3.63) is 168 Å². The van der Waals surface area contributed by atoms with Crippen LogP contribution < -0.4 is 9.47 Å². The van der Waals surface area contributed by atoms with Gasteiger partial charge in [-0.15, -0.1) is 6.58 Å². The predicted molar refractivity (Wildman–Crippen MR) is 268 cm³/mol. The molecule has 4 aromatic rings. The fourth-order valence-corrected chi connectivity index (χ4v) is 10.1. The molecule has 0 saturated heterocycles. The maximum Gasteiger partial charge on any atom is 0.273 e. The van der Waals surface area contributed by atoms with Crippen molar-refractivity contribution in [3.8, 4) is 17.2 Å². The molecule has 0 bridgehead atoms. The van der Waals surface area contributed by atoms with Crippen LogP contribution in [0.25, 0.3) is 6.08 Å². The molecule has 0 spiro atoms. The Morgan fingerprint density at radius 3 is 2.18 bits per heavy atom. The molecule has 3 aliphatic rings. The summed E-state index contributed by atoms with van der Waals surface area (Å²) in [6.07, 6.45) is 10.3. The first kappa shape index (κ1) is 53.4. The Bertz CT molecular complexity index is 2680. The van der Waals surface area contributed by atoms with Crippen LogP contribution in [0.1, 0.15) is 67.6 Å². The van der Waals surface area contributed by atoms with Crippen LogP contribution >= 0.6 is 0 Å². The normalized spacial score (nSPS) is 21.3. The third-order valence-corrected chi connectivity index (χ3v) is 13.4. The first-order chi connectivity index (χ1) is 35.4.